The number of carbonyl (C=O) groups excluding carboxylic acids is 1. The lowest BCUT2D eigenvalue weighted by Gasteiger charge is -2.15. The molecule has 0 atom stereocenters. The molecule has 4 aromatic rings. The summed E-state index contributed by atoms with van der Waals surface area (Å²) in [5.74, 6) is 0.906. The van der Waals surface area contributed by atoms with Crippen LogP contribution >= 0.6 is 0 Å². The zero-order valence-corrected chi connectivity index (χ0v) is 16.7. The third-order valence-electron chi connectivity index (χ3n) is 4.39. The Morgan fingerprint density at radius 1 is 0.939 bits per heavy atom. The van der Waals surface area contributed by atoms with Gasteiger partial charge in [-0.2, -0.15) is 17.9 Å². The molecule has 0 unspecified atom stereocenters. The fourth-order valence-electron chi connectivity index (χ4n) is 2.86. The number of nitrogens with one attached hydrogen (secondary N) is 2. The van der Waals surface area contributed by atoms with Crippen LogP contribution in [-0.2, 0) is 6.18 Å². The van der Waals surface area contributed by atoms with Crippen molar-refractivity contribution in [1.82, 2.24) is 14.8 Å². The highest BCUT2D eigenvalue weighted by molar-refractivity contribution is 6.01. The first-order chi connectivity index (χ1) is 15.8. The summed E-state index contributed by atoms with van der Waals surface area (Å²) in [5, 5.41) is 23.3. The van der Waals surface area contributed by atoms with Gasteiger partial charge in [-0.15, -0.1) is 10.2 Å². The van der Waals surface area contributed by atoms with E-state index in [0.717, 1.165) is 12.1 Å². The zero-order valence-electron chi connectivity index (χ0n) is 16.7. The Hall–Kier alpha value is -4.61. The van der Waals surface area contributed by atoms with E-state index >= 15 is 0 Å². The van der Waals surface area contributed by atoms with Crippen LogP contribution in [0.15, 0.2) is 79.6 Å². The molecule has 9 nitrogen and oxygen atoms in total. The molecule has 33 heavy (non-hydrogen) atoms. The molecule has 2 heterocycles. The van der Waals surface area contributed by atoms with Gasteiger partial charge in [0, 0.05) is 17.8 Å². The largest absolute Gasteiger partial charge is 0.619 e. The number of nitrogens with zero attached hydrogens (tertiary/aromatic N) is 4. The maximum absolute atomic E-state index is 13.2. The molecule has 4 rings (SSSR count). The van der Waals surface area contributed by atoms with Crippen molar-refractivity contribution in [2.75, 3.05) is 10.6 Å². The fourth-order valence-corrected chi connectivity index (χ4v) is 2.86. The van der Waals surface area contributed by atoms with Crippen LogP contribution in [0, 0.1) is 5.21 Å². The number of amides is 2. The molecular formula is C21H15F3N6O3. The fraction of sp³-hybridized carbons (Fsp3) is 0.0476. The first-order valence-electron chi connectivity index (χ1n) is 9.39. The summed E-state index contributed by atoms with van der Waals surface area (Å²) in [6.07, 6.45) is 0.595. The normalized spacial score (nSPS) is 11.1. The Bertz CT molecular complexity index is 1240. The smallest absolute Gasteiger partial charge is 0.416 e. The number of rotatable bonds is 5. The second kappa shape index (κ2) is 8.86. The highest BCUT2D eigenvalue weighted by Gasteiger charge is 2.31. The molecule has 0 aliphatic carbocycles. The zero-order chi connectivity index (χ0) is 23.4. The Morgan fingerprint density at radius 2 is 1.58 bits per heavy atom. The standard InChI is InChI=1S/C21H15F3N6O3/c22-21(23,24)14-1-6-19(29-12-25-26-13-29)18(11-14)28-20(31)27-15-2-4-16(5-3-15)33-17-7-9-30(32)10-8-17/h1-13H,(H2,27,28,31). The van der Waals surface area contributed by atoms with Gasteiger partial charge in [-0.3, -0.25) is 4.57 Å². The summed E-state index contributed by atoms with van der Waals surface area (Å²) in [4.78, 5) is 12.5. The third-order valence-corrected chi connectivity index (χ3v) is 4.39. The lowest BCUT2D eigenvalue weighted by Crippen LogP contribution is -2.23. The number of hydrogen-bond acceptors (Lipinski definition) is 5. The number of ether oxygens (including phenoxy) is 1. The molecule has 0 saturated carbocycles. The van der Waals surface area contributed by atoms with E-state index in [1.807, 2.05) is 0 Å². The van der Waals surface area contributed by atoms with E-state index < -0.39 is 17.8 Å². The highest BCUT2D eigenvalue weighted by atomic mass is 19.4. The Balaban J connectivity index is 1.47. The van der Waals surface area contributed by atoms with Gasteiger partial charge >= 0.3 is 12.2 Å². The minimum Gasteiger partial charge on any atom is -0.619 e. The predicted molar refractivity (Wildman–Crippen MR) is 111 cm³/mol. The molecule has 2 aromatic carbocycles. The van der Waals surface area contributed by atoms with Crippen LogP contribution in [0.25, 0.3) is 5.69 Å². The SMILES string of the molecule is O=C(Nc1ccc(Oc2cc[n+]([O-])cc2)cc1)Nc1cc(C(F)(F)F)ccc1-n1cnnc1. The molecular weight excluding hydrogens is 441 g/mol. The quantitative estimate of drug-likeness (QED) is 0.343. The second-order valence-electron chi connectivity index (χ2n) is 6.70. The summed E-state index contributed by atoms with van der Waals surface area (Å²) in [5.41, 5.74) is -0.362. The topological polar surface area (TPSA) is 108 Å². The van der Waals surface area contributed by atoms with Gasteiger partial charge in [-0.05, 0) is 42.5 Å². The number of carbonyl (C=O) groups is 1. The maximum atomic E-state index is 13.2. The van der Waals surface area contributed by atoms with Crippen LogP contribution in [0.4, 0.5) is 29.3 Å². The van der Waals surface area contributed by atoms with Gasteiger partial charge in [0.2, 0.25) is 0 Å². The summed E-state index contributed by atoms with van der Waals surface area (Å²) < 4.78 is 47.0. The number of pyridine rings is 1. The van der Waals surface area contributed by atoms with Crippen molar-refractivity contribution in [2.24, 2.45) is 0 Å². The van der Waals surface area contributed by atoms with Crippen molar-refractivity contribution in [3.05, 3.63) is 90.4 Å². The average Bonchev–Trinajstić information content (AvgIpc) is 3.31. The Labute approximate surface area is 184 Å². The number of anilines is 2. The predicted octanol–water partition coefficient (Wildman–Crippen LogP) is 4.36. The molecule has 0 aliphatic rings. The van der Waals surface area contributed by atoms with Crippen LogP contribution < -0.4 is 20.1 Å². The molecule has 12 heteroatoms. The third kappa shape index (κ3) is 5.36. The van der Waals surface area contributed by atoms with Crippen molar-refractivity contribution >= 4 is 17.4 Å². The van der Waals surface area contributed by atoms with Gasteiger partial charge in [0.05, 0.1) is 16.9 Å². The van der Waals surface area contributed by atoms with Crippen molar-refractivity contribution in [2.45, 2.75) is 6.18 Å². The van der Waals surface area contributed by atoms with Gasteiger partial charge in [0.25, 0.3) is 0 Å². The van der Waals surface area contributed by atoms with E-state index in [9.17, 15) is 23.2 Å². The molecule has 0 spiro atoms. The van der Waals surface area contributed by atoms with E-state index in [-0.39, 0.29) is 11.4 Å². The van der Waals surface area contributed by atoms with Crippen molar-refractivity contribution in [3.8, 4) is 17.2 Å². The summed E-state index contributed by atoms with van der Waals surface area (Å²) >= 11 is 0. The minimum atomic E-state index is -4.58. The van der Waals surface area contributed by atoms with Crippen molar-refractivity contribution < 1.29 is 27.4 Å². The van der Waals surface area contributed by atoms with Crippen LogP contribution in [0.1, 0.15) is 5.56 Å². The molecule has 0 fully saturated rings. The second-order valence-corrected chi connectivity index (χ2v) is 6.70. The van der Waals surface area contributed by atoms with Gasteiger partial charge < -0.3 is 20.6 Å². The van der Waals surface area contributed by atoms with Gasteiger partial charge in [-0.1, -0.05) is 0 Å². The van der Waals surface area contributed by atoms with E-state index in [1.54, 1.807) is 24.3 Å². The number of benzene rings is 2. The minimum absolute atomic E-state index is 0.0817. The number of halogens is 3. The van der Waals surface area contributed by atoms with E-state index in [1.165, 1.54) is 47.8 Å². The maximum Gasteiger partial charge on any atom is 0.416 e. The number of aromatic nitrogens is 4. The highest BCUT2D eigenvalue weighted by Crippen LogP contribution is 2.33. The molecule has 0 radical (unpaired) electrons. The van der Waals surface area contributed by atoms with E-state index in [4.69, 9.17) is 4.74 Å². The van der Waals surface area contributed by atoms with Crippen LogP contribution in [0.3, 0.4) is 0 Å². The van der Waals surface area contributed by atoms with Crippen LogP contribution in [-0.4, -0.2) is 20.8 Å². The number of hydrogen-bond donors (Lipinski definition) is 2. The average molecular weight is 456 g/mol. The van der Waals surface area contributed by atoms with Gasteiger partial charge in [-0.25, -0.2) is 4.79 Å². The molecule has 2 N–H and O–H groups in total. The van der Waals surface area contributed by atoms with Gasteiger partial charge in [0.1, 0.15) is 24.2 Å². The number of urea groups is 1. The molecule has 2 amide bonds. The molecule has 2 aromatic heterocycles. The Morgan fingerprint density at radius 3 is 2.21 bits per heavy atom. The van der Waals surface area contributed by atoms with Crippen LogP contribution in [0.5, 0.6) is 11.5 Å². The van der Waals surface area contributed by atoms with E-state index in [2.05, 4.69) is 20.8 Å². The van der Waals surface area contributed by atoms with Crippen molar-refractivity contribution in [3.63, 3.8) is 0 Å². The molecule has 0 bridgehead atoms. The number of alkyl halides is 3. The van der Waals surface area contributed by atoms with Gasteiger partial charge in [0.15, 0.2) is 12.4 Å². The van der Waals surface area contributed by atoms with Crippen molar-refractivity contribution in [1.29, 1.82) is 0 Å². The first kappa shape index (κ1) is 21.6. The lowest BCUT2D eigenvalue weighted by molar-refractivity contribution is -0.605. The lowest BCUT2D eigenvalue weighted by atomic mass is 10.1. The molecule has 0 aliphatic heterocycles. The monoisotopic (exact) mass is 456 g/mol. The van der Waals surface area contributed by atoms with Crippen LogP contribution in [0.2, 0.25) is 0 Å². The summed E-state index contributed by atoms with van der Waals surface area (Å²) in [7, 11) is 0. The summed E-state index contributed by atoms with van der Waals surface area (Å²) in [6.45, 7) is 0. The van der Waals surface area contributed by atoms with E-state index in [0.29, 0.717) is 21.9 Å². The summed E-state index contributed by atoms with van der Waals surface area (Å²) in [6, 6.07) is 11.5. The Kier molecular flexibility index (Phi) is 5.81. The molecule has 168 valence electrons. The molecule has 0 saturated heterocycles. The first-order valence-corrected chi connectivity index (χ1v) is 9.39.